The van der Waals surface area contributed by atoms with Gasteiger partial charge in [0.05, 0.1) is 0 Å². The van der Waals surface area contributed by atoms with Crippen LogP contribution in [0.25, 0.3) is 0 Å². The summed E-state index contributed by atoms with van der Waals surface area (Å²) in [5.74, 6) is 0. The van der Waals surface area contributed by atoms with Crippen molar-refractivity contribution in [3.05, 3.63) is 18.5 Å². The van der Waals surface area contributed by atoms with E-state index in [1.807, 2.05) is 23.1 Å². The Kier molecular flexibility index (Phi) is 4.95. The third-order valence-electron chi connectivity index (χ3n) is 1.68. The highest BCUT2D eigenvalue weighted by Gasteiger charge is 2.00. The molecule has 0 bridgehead atoms. The van der Waals surface area contributed by atoms with Gasteiger partial charge in [0, 0.05) is 18.4 Å². The molecule has 2 nitrogen and oxygen atoms in total. The quantitative estimate of drug-likeness (QED) is 0.689. The van der Waals surface area contributed by atoms with E-state index in [9.17, 15) is 0 Å². The topological polar surface area (TPSA) is 17.8 Å². The van der Waals surface area contributed by atoms with Gasteiger partial charge in [-0.05, 0) is 19.4 Å². The van der Waals surface area contributed by atoms with Crippen LogP contribution in [-0.4, -0.2) is 9.78 Å². The molecule has 0 radical (unpaired) electrons. The van der Waals surface area contributed by atoms with Crippen LogP contribution in [0.2, 0.25) is 0 Å². The lowest BCUT2D eigenvalue weighted by atomic mass is 10.2. The molecule has 0 aromatic carbocycles. The summed E-state index contributed by atoms with van der Waals surface area (Å²) < 4.78 is 2.00. The van der Waals surface area contributed by atoms with Crippen molar-refractivity contribution < 1.29 is 0 Å². The van der Waals surface area contributed by atoms with Gasteiger partial charge in [-0.1, -0.05) is 13.3 Å². The van der Waals surface area contributed by atoms with Crippen molar-refractivity contribution in [3.63, 3.8) is 0 Å². The number of halogens is 1. The molecule has 0 amide bonds. The van der Waals surface area contributed by atoms with Gasteiger partial charge < -0.3 is 0 Å². The Labute approximate surface area is 74.0 Å². The molecule has 1 unspecified atom stereocenters. The van der Waals surface area contributed by atoms with Crippen LogP contribution in [0.4, 0.5) is 0 Å². The van der Waals surface area contributed by atoms with Crippen molar-refractivity contribution in [3.8, 4) is 0 Å². The van der Waals surface area contributed by atoms with Crippen molar-refractivity contribution in [1.29, 1.82) is 0 Å². The first-order valence-electron chi connectivity index (χ1n) is 3.83. The van der Waals surface area contributed by atoms with Crippen LogP contribution >= 0.6 is 12.4 Å². The van der Waals surface area contributed by atoms with Crippen molar-refractivity contribution in [2.75, 3.05) is 0 Å². The fraction of sp³-hybridized carbons (Fsp3) is 0.625. The van der Waals surface area contributed by atoms with E-state index in [2.05, 4.69) is 18.9 Å². The minimum atomic E-state index is 0. The molecule has 1 aromatic rings. The van der Waals surface area contributed by atoms with Gasteiger partial charge in [0.1, 0.15) is 0 Å². The third-order valence-corrected chi connectivity index (χ3v) is 1.68. The summed E-state index contributed by atoms with van der Waals surface area (Å²) in [4.78, 5) is 0. The van der Waals surface area contributed by atoms with Gasteiger partial charge in [-0.15, -0.1) is 12.4 Å². The average Bonchev–Trinajstić information content (AvgIpc) is 2.38. The highest BCUT2D eigenvalue weighted by molar-refractivity contribution is 5.85. The van der Waals surface area contributed by atoms with E-state index in [1.165, 1.54) is 12.8 Å². The zero-order valence-corrected chi connectivity index (χ0v) is 7.84. The minimum absolute atomic E-state index is 0. The molecule has 0 aliphatic heterocycles. The van der Waals surface area contributed by atoms with Crippen LogP contribution in [0.3, 0.4) is 0 Å². The molecule has 1 atom stereocenters. The molecule has 0 saturated heterocycles. The van der Waals surface area contributed by atoms with Crippen molar-refractivity contribution >= 4 is 12.4 Å². The molecular formula is C8H15ClN2. The Morgan fingerprint density at radius 2 is 2.27 bits per heavy atom. The summed E-state index contributed by atoms with van der Waals surface area (Å²) in [6.45, 7) is 4.39. The first-order valence-corrected chi connectivity index (χ1v) is 3.83. The summed E-state index contributed by atoms with van der Waals surface area (Å²) in [5, 5.41) is 4.15. The van der Waals surface area contributed by atoms with Crippen LogP contribution in [0.5, 0.6) is 0 Å². The maximum Gasteiger partial charge on any atom is 0.0490 e. The maximum absolute atomic E-state index is 4.15. The molecule has 11 heavy (non-hydrogen) atoms. The predicted octanol–water partition coefficient (Wildman–Crippen LogP) is 2.67. The zero-order chi connectivity index (χ0) is 7.40. The van der Waals surface area contributed by atoms with Gasteiger partial charge in [0.25, 0.3) is 0 Å². The predicted molar refractivity (Wildman–Crippen MR) is 49.1 cm³/mol. The van der Waals surface area contributed by atoms with E-state index < -0.39 is 0 Å². The lowest BCUT2D eigenvalue weighted by Gasteiger charge is -2.09. The second kappa shape index (κ2) is 5.19. The van der Waals surface area contributed by atoms with Crippen LogP contribution in [-0.2, 0) is 0 Å². The van der Waals surface area contributed by atoms with Crippen molar-refractivity contribution in [2.24, 2.45) is 0 Å². The smallest absolute Gasteiger partial charge is 0.0490 e. The molecule has 1 rings (SSSR count). The molecular weight excluding hydrogens is 160 g/mol. The lowest BCUT2D eigenvalue weighted by molar-refractivity contribution is 0.455. The highest BCUT2D eigenvalue weighted by atomic mass is 35.5. The molecule has 0 N–H and O–H groups in total. The SMILES string of the molecule is CCCC(C)n1cccn1.Cl. The molecule has 0 saturated carbocycles. The van der Waals surface area contributed by atoms with E-state index in [4.69, 9.17) is 0 Å². The Balaban J connectivity index is 0.000001000. The largest absolute Gasteiger partial charge is 0.270 e. The van der Waals surface area contributed by atoms with Gasteiger partial charge in [0.15, 0.2) is 0 Å². The normalized spacial score (nSPS) is 12.2. The first kappa shape index (κ1) is 10.5. The monoisotopic (exact) mass is 174 g/mol. The Bertz CT molecular complexity index is 172. The third kappa shape index (κ3) is 2.93. The van der Waals surface area contributed by atoms with Gasteiger partial charge >= 0.3 is 0 Å². The Morgan fingerprint density at radius 3 is 2.73 bits per heavy atom. The van der Waals surface area contributed by atoms with Crippen LogP contribution < -0.4 is 0 Å². The number of aromatic nitrogens is 2. The molecule has 0 aliphatic carbocycles. The zero-order valence-electron chi connectivity index (χ0n) is 7.03. The fourth-order valence-corrected chi connectivity index (χ4v) is 1.09. The number of rotatable bonds is 3. The summed E-state index contributed by atoms with van der Waals surface area (Å²) in [7, 11) is 0. The second-order valence-electron chi connectivity index (χ2n) is 2.62. The minimum Gasteiger partial charge on any atom is -0.270 e. The number of hydrogen-bond donors (Lipinski definition) is 0. The van der Waals surface area contributed by atoms with E-state index in [0.29, 0.717) is 6.04 Å². The van der Waals surface area contributed by atoms with E-state index >= 15 is 0 Å². The average molecular weight is 175 g/mol. The van der Waals surface area contributed by atoms with Gasteiger partial charge in [0.2, 0.25) is 0 Å². The molecule has 1 aromatic heterocycles. The first-order chi connectivity index (χ1) is 4.84. The number of nitrogens with zero attached hydrogens (tertiary/aromatic N) is 2. The second-order valence-corrected chi connectivity index (χ2v) is 2.62. The standard InChI is InChI=1S/C8H14N2.ClH/c1-3-5-8(2)10-7-4-6-9-10;/h4,6-8H,3,5H2,1-2H3;1H. The summed E-state index contributed by atoms with van der Waals surface area (Å²) in [6, 6.07) is 2.52. The lowest BCUT2D eigenvalue weighted by Crippen LogP contribution is -2.04. The van der Waals surface area contributed by atoms with E-state index in [0.717, 1.165) is 0 Å². The molecule has 1 heterocycles. The van der Waals surface area contributed by atoms with Crippen LogP contribution in [0.1, 0.15) is 32.7 Å². The summed E-state index contributed by atoms with van der Waals surface area (Å²) in [6.07, 6.45) is 6.27. The fourth-order valence-electron chi connectivity index (χ4n) is 1.09. The molecule has 0 fully saturated rings. The molecule has 3 heteroatoms. The van der Waals surface area contributed by atoms with E-state index in [1.54, 1.807) is 0 Å². The molecule has 0 spiro atoms. The Morgan fingerprint density at radius 1 is 1.55 bits per heavy atom. The van der Waals surface area contributed by atoms with Gasteiger partial charge in [-0.2, -0.15) is 5.10 Å². The van der Waals surface area contributed by atoms with Crippen LogP contribution in [0, 0.1) is 0 Å². The van der Waals surface area contributed by atoms with Gasteiger partial charge in [-0.3, -0.25) is 4.68 Å². The summed E-state index contributed by atoms with van der Waals surface area (Å²) >= 11 is 0. The van der Waals surface area contributed by atoms with E-state index in [-0.39, 0.29) is 12.4 Å². The molecule has 0 aliphatic rings. The van der Waals surface area contributed by atoms with Crippen LogP contribution in [0.15, 0.2) is 18.5 Å². The van der Waals surface area contributed by atoms with Crippen molar-refractivity contribution in [1.82, 2.24) is 9.78 Å². The maximum atomic E-state index is 4.15. The van der Waals surface area contributed by atoms with Gasteiger partial charge in [-0.25, -0.2) is 0 Å². The van der Waals surface area contributed by atoms with Crippen molar-refractivity contribution in [2.45, 2.75) is 32.7 Å². The molecule has 64 valence electrons. The Hall–Kier alpha value is -0.500. The highest BCUT2D eigenvalue weighted by Crippen LogP contribution is 2.09. The number of hydrogen-bond acceptors (Lipinski definition) is 1. The summed E-state index contributed by atoms with van der Waals surface area (Å²) in [5.41, 5.74) is 0.